The molecule has 4 nitrogen and oxygen atoms in total. The number of nitrogens with two attached hydrogens (primary N) is 1. The number of hydrogen-bond donors (Lipinski definition) is 1. The van der Waals surface area contributed by atoms with Crippen LogP contribution in [0.3, 0.4) is 0 Å². The van der Waals surface area contributed by atoms with Crippen molar-refractivity contribution in [3.63, 3.8) is 0 Å². The average Bonchev–Trinajstić information content (AvgIpc) is 2.47. The minimum atomic E-state index is 0.130. The minimum absolute atomic E-state index is 0.130. The van der Waals surface area contributed by atoms with Gasteiger partial charge in [-0.05, 0) is 35.7 Å². The molecule has 0 spiro atoms. The van der Waals surface area contributed by atoms with Gasteiger partial charge in [0.2, 0.25) is 5.91 Å². The normalized spacial score (nSPS) is 10.2. The Morgan fingerprint density at radius 2 is 1.95 bits per heavy atom. The zero-order chi connectivity index (χ0) is 14.4. The molecule has 0 aliphatic carbocycles. The van der Waals surface area contributed by atoms with Crippen LogP contribution >= 0.6 is 0 Å². The van der Waals surface area contributed by atoms with Crippen LogP contribution in [0.5, 0.6) is 0 Å². The molecule has 0 saturated heterocycles. The third-order valence-corrected chi connectivity index (χ3v) is 3.18. The van der Waals surface area contributed by atoms with E-state index in [1.54, 1.807) is 17.3 Å². The molecule has 2 N–H and O–H groups in total. The Labute approximate surface area is 119 Å². The second-order valence-corrected chi connectivity index (χ2v) is 4.85. The summed E-state index contributed by atoms with van der Waals surface area (Å²) >= 11 is 0. The van der Waals surface area contributed by atoms with Gasteiger partial charge in [-0.2, -0.15) is 0 Å². The first-order valence-corrected chi connectivity index (χ1v) is 6.62. The van der Waals surface area contributed by atoms with E-state index in [4.69, 9.17) is 5.73 Å². The van der Waals surface area contributed by atoms with Crippen molar-refractivity contribution < 1.29 is 4.79 Å². The Hall–Kier alpha value is -2.36. The monoisotopic (exact) mass is 269 g/mol. The largest absolute Gasteiger partial charge is 0.399 e. The summed E-state index contributed by atoms with van der Waals surface area (Å²) in [5.74, 6) is 0.130. The topological polar surface area (TPSA) is 59.2 Å². The van der Waals surface area contributed by atoms with Crippen LogP contribution in [0.2, 0.25) is 0 Å². The number of aryl methyl sites for hydroxylation is 1. The third kappa shape index (κ3) is 4.09. The van der Waals surface area contributed by atoms with Crippen molar-refractivity contribution in [2.75, 3.05) is 12.8 Å². The van der Waals surface area contributed by atoms with E-state index in [2.05, 4.69) is 4.98 Å². The lowest BCUT2D eigenvalue weighted by atomic mass is 10.1. The first-order chi connectivity index (χ1) is 9.65. The summed E-state index contributed by atoms with van der Waals surface area (Å²) in [6.07, 6.45) is 4.74. The van der Waals surface area contributed by atoms with Gasteiger partial charge in [0.1, 0.15) is 0 Å². The van der Waals surface area contributed by atoms with Crippen LogP contribution in [0.4, 0.5) is 5.69 Å². The zero-order valence-electron chi connectivity index (χ0n) is 11.6. The molecular formula is C16H19N3O. The molecule has 0 saturated carbocycles. The fourth-order valence-corrected chi connectivity index (χ4v) is 1.98. The highest BCUT2D eigenvalue weighted by Crippen LogP contribution is 2.09. The molecule has 0 radical (unpaired) electrons. The Kier molecular flexibility index (Phi) is 4.71. The lowest BCUT2D eigenvalue weighted by Gasteiger charge is -2.17. The molecule has 1 aromatic carbocycles. The third-order valence-electron chi connectivity index (χ3n) is 3.18. The fourth-order valence-electron chi connectivity index (χ4n) is 1.98. The van der Waals surface area contributed by atoms with Crippen molar-refractivity contribution in [1.82, 2.24) is 9.88 Å². The Balaban J connectivity index is 1.83. The molecule has 1 heterocycles. The SMILES string of the molecule is CN(Cc1cccnc1)C(=O)CCc1ccc(N)cc1. The number of anilines is 1. The van der Waals surface area contributed by atoms with Crippen molar-refractivity contribution in [2.24, 2.45) is 0 Å². The predicted octanol–water partition coefficient (Wildman–Crippen LogP) is 2.25. The highest BCUT2D eigenvalue weighted by molar-refractivity contribution is 5.76. The van der Waals surface area contributed by atoms with Crippen molar-refractivity contribution in [3.8, 4) is 0 Å². The maximum absolute atomic E-state index is 12.1. The summed E-state index contributed by atoms with van der Waals surface area (Å²) in [6, 6.07) is 11.5. The van der Waals surface area contributed by atoms with Gasteiger partial charge in [0.15, 0.2) is 0 Å². The average molecular weight is 269 g/mol. The number of amides is 1. The van der Waals surface area contributed by atoms with E-state index >= 15 is 0 Å². The Bertz CT molecular complexity index is 552. The maximum atomic E-state index is 12.1. The Morgan fingerprint density at radius 1 is 1.20 bits per heavy atom. The minimum Gasteiger partial charge on any atom is -0.399 e. The van der Waals surface area contributed by atoms with Crippen molar-refractivity contribution in [2.45, 2.75) is 19.4 Å². The molecule has 104 valence electrons. The zero-order valence-corrected chi connectivity index (χ0v) is 11.6. The van der Waals surface area contributed by atoms with Crippen molar-refractivity contribution >= 4 is 11.6 Å². The van der Waals surface area contributed by atoms with E-state index < -0.39 is 0 Å². The number of pyridine rings is 1. The number of aromatic nitrogens is 1. The molecule has 2 rings (SSSR count). The molecule has 0 unspecified atom stereocenters. The van der Waals surface area contributed by atoms with E-state index in [0.717, 1.165) is 23.2 Å². The lowest BCUT2D eigenvalue weighted by Crippen LogP contribution is -2.26. The summed E-state index contributed by atoms with van der Waals surface area (Å²) < 4.78 is 0. The molecule has 1 amide bonds. The number of carbonyl (C=O) groups excluding carboxylic acids is 1. The first-order valence-electron chi connectivity index (χ1n) is 6.62. The van der Waals surface area contributed by atoms with Gasteiger partial charge < -0.3 is 10.6 Å². The van der Waals surface area contributed by atoms with Crippen LogP contribution in [-0.4, -0.2) is 22.8 Å². The molecule has 2 aromatic rings. The summed E-state index contributed by atoms with van der Waals surface area (Å²) in [5, 5.41) is 0. The number of nitrogens with zero attached hydrogens (tertiary/aromatic N) is 2. The van der Waals surface area contributed by atoms with Gasteiger partial charge in [-0.15, -0.1) is 0 Å². The fraction of sp³-hybridized carbons (Fsp3) is 0.250. The van der Waals surface area contributed by atoms with E-state index in [9.17, 15) is 4.79 Å². The molecule has 1 aromatic heterocycles. The van der Waals surface area contributed by atoms with Crippen LogP contribution in [-0.2, 0) is 17.8 Å². The summed E-state index contributed by atoms with van der Waals surface area (Å²) in [5.41, 5.74) is 8.54. The molecular weight excluding hydrogens is 250 g/mol. The number of nitrogen functional groups attached to an aromatic ring is 1. The first kappa shape index (κ1) is 14.1. The predicted molar refractivity (Wildman–Crippen MR) is 79.9 cm³/mol. The second-order valence-electron chi connectivity index (χ2n) is 4.85. The van der Waals surface area contributed by atoms with Crippen LogP contribution in [0, 0.1) is 0 Å². The van der Waals surface area contributed by atoms with Crippen molar-refractivity contribution in [1.29, 1.82) is 0 Å². The summed E-state index contributed by atoms with van der Waals surface area (Å²) in [4.78, 5) is 17.8. The van der Waals surface area contributed by atoms with E-state index in [0.29, 0.717) is 13.0 Å². The number of rotatable bonds is 5. The van der Waals surface area contributed by atoms with Gasteiger partial charge in [0.25, 0.3) is 0 Å². The molecule has 4 heteroatoms. The quantitative estimate of drug-likeness (QED) is 0.847. The van der Waals surface area contributed by atoms with Crippen molar-refractivity contribution in [3.05, 3.63) is 59.9 Å². The van der Waals surface area contributed by atoms with Gasteiger partial charge >= 0.3 is 0 Å². The van der Waals surface area contributed by atoms with Gasteiger partial charge in [0, 0.05) is 38.1 Å². The van der Waals surface area contributed by atoms with Crippen LogP contribution in [0.25, 0.3) is 0 Å². The van der Waals surface area contributed by atoms with E-state index in [-0.39, 0.29) is 5.91 Å². The van der Waals surface area contributed by atoms with Crippen LogP contribution < -0.4 is 5.73 Å². The molecule has 0 fully saturated rings. The molecule has 0 aliphatic rings. The maximum Gasteiger partial charge on any atom is 0.222 e. The molecule has 0 bridgehead atoms. The number of carbonyl (C=O) groups is 1. The second kappa shape index (κ2) is 6.70. The van der Waals surface area contributed by atoms with Gasteiger partial charge in [-0.1, -0.05) is 18.2 Å². The van der Waals surface area contributed by atoms with Crippen LogP contribution in [0.1, 0.15) is 17.5 Å². The van der Waals surface area contributed by atoms with Gasteiger partial charge in [0.05, 0.1) is 0 Å². The lowest BCUT2D eigenvalue weighted by molar-refractivity contribution is -0.130. The highest BCUT2D eigenvalue weighted by Gasteiger charge is 2.09. The van der Waals surface area contributed by atoms with Gasteiger partial charge in [-0.25, -0.2) is 0 Å². The standard InChI is InChI=1S/C16H19N3O/c1-19(12-14-3-2-10-18-11-14)16(20)9-6-13-4-7-15(17)8-5-13/h2-5,7-8,10-11H,6,9,12,17H2,1H3. The number of hydrogen-bond acceptors (Lipinski definition) is 3. The smallest absolute Gasteiger partial charge is 0.222 e. The number of benzene rings is 1. The summed E-state index contributed by atoms with van der Waals surface area (Å²) in [7, 11) is 1.82. The molecule has 0 aliphatic heterocycles. The molecule has 0 atom stereocenters. The highest BCUT2D eigenvalue weighted by atomic mass is 16.2. The van der Waals surface area contributed by atoms with Gasteiger partial charge in [-0.3, -0.25) is 9.78 Å². The Morgan fingerprint density at radius 3 is 2.60 bits per heavy atom. The van der Waals surface area contributed by atoms with Crippen LogP contribution in [0.15, 0.2) is 48.8 Å². The van der Waals surface area contributed by atoms with E-state index in [1.165, 1.54) is 0 Å². The van der Waals surface area contributed by atoms with E-state index in [1.807, 2.05) is 43.4 Å². The molecule has 20 heavy (non-hydrogen) atoms. The summed E-state index contributed by atoms with van der Waals surface area (Å²) in [6.45, 7) is 0.592.